The Bertz CT molecular complexity index is 642. The molecular weight excluding hydrogens is 300 g/mol. The molecule has 1 saturated carbocycles. The molecule has 0 aromatic carbocycles. The number of rotatable bonds is 6. The fourth-order valence-electron chi connectivity index (χ4n) is 3.56. The van der Waals surface area contributed by atoms with E-state index in [1.807, 2.05) is 32.9 Å². The lowest BCUT2D eigenvalue weighted by Gasteiger charge is -2.13. The van der Waals surface area contributed by atoms with E-state index in [2.05, 4.69) is 26.5 Å². The average Bonchev–Trinajstić information content (AvgIpc) is 2.90. The van der Waals surface area contributed by atoms with E-state index in [1.54, 1.807) is 6.08 Å². The lowest BCUT2D eigenvalue weighted by atomic mass is 10.1. The van der Waals surface area contributed by atoms with Crippen LogP contribution in [0.25, 0.3) is 0 Å². The number of ketones is 1. The van der Waals surface area contributed by atoms with Crippen molar-refractivity contribution in [2.45, 2.75) is 53.6 Å². The molecule has 1 fully saturated rings. The summed E-state index contributed by atoms with van der Waals surface area (Å²) in [5.74, 6) is 0.0175. The largest absolute Gasteiger partial charge is 0.457 e. The zero-order chi connectivity index (χ0) is 18.1. The summed E-state index contributed by atoms with van der Waals surface area (Å²) in [5.41, 5.74) is 2.80. The molecule has 0 heterocycles. The van der Waals surface area contributed by atoms with Crippen LogP contribution in [0, 0.1) is 17.3 Å². The van der Waals surface area contributed by atoms with E-state index in [1.165, 1.54) is 5.57 Å². The Balaban J connectivity index is 2.05. The predicted octanol–water partition coefficient (Wildman–Crippen LogP) is 4.56. The number of esters is 1. The summed E-state index contributed by atoms with van der Waals surface area (Å²) in [5, 5.41) is 0. The zero-order valence-corrected chi connectivity index (χ0v) is 15.4. The summed E-state index contributed by atoms with van der Waals surface area (Å²) in [7, 11) is 0. The molecule has 24 heavy (non-hydrogen) atoms. The molecule has 3 heteroatoms. The molecule has 0 radical (unpaired) electrons. The number of Topliss-reactive ketones (excluding diaryl/α,β-unsaturated/α-hetero) is 1. The molecule has 0 aliphatic heterocycles. The van der Waals surface area contributed by atoms with E-state index in [0.29, 0.717) is 6.42 Å². The highest BCUT2D eigenvalue weighted by Gasteiger charge is 2.61. The minimum Gasteiger partial charge on any atom is -0.457 e. The maximum Gasteiger partial charge on any atom is 0.310 e. The Morgan fingerprint density at radius 3 is 2.62 bits per heavy atom. The first-order valence-electron chi connectivity index (χ1n) is 8.56. The van der Waals surface area contributed by atoms with Crippen LogP contribution in [0.5, 0.6) is 0 Å². The molecule has 2 aliphatic carbocycles. The summed E-state index contributed by atoms with van der Waals surface area (Å²) >= 11 is 0. The fourth-order valence-corrected chi connectivity index (χ4v) is 3.56. The van der Waals surface area contributed by atoms with Gasteiger partial charge in [-0.2, -0.15) is 0 Å². The number of hydrogen-bond acceptors (Lipinski definition) is 3. The minimum atomic E-state index is -0.402. The molecule has 0 bridgehead atoms. The van der Waals surface area contributed by atoms with Gasteiger partial charge >= 0.3 is 5.97 Å². The molecule has 0 N–H and O–H groups in total. The number of ether oxygens (including phenoxy) is 1. The normalized spacial score (nSPS) is 28.2. The van der Waals surface area contributed by atoms with Crippen LogP contribution in [0.2, 0.25) is 0 Å². The van der Waals surface area contributed by atoms with Crippen LogP contribution in [0.1, 0.15) is 47.5 Å². The van der Waals surface area contributed by atoms with Crippen LogP contribution in [0.15, 0.2) is 47.6 Å². The van der Waals surface area contributed by atoms with E-state index in [-0.39, 0.29) is 35.4 Å². The van der Waals surface area contributed by atoms with Gasteiger partial charge in [0.15, 0.2) is 5.78 Å². The number of carbonyl (C=O) groups excluding carboxylic acids is 2. The van der Waals surface area contributed by atoms with Crippen molar-refractivity contribution in [1.82, 2.24) is 0 Å². The quantitative estimate of drug-likeness (QED) is 0.408. The summed E-state index contributed by atoms with van der Waals surface area (Å²) in [6, 6.07) is 0. The van der Waals surface area contributed by atoms with Crippen molar-refractivity contribution in [3.8, 4) is 0 Å². The third-order valence-corrected chi connectivity index (χ3v) is 5.20. The average molecular weight is 328 g/mol. The lowest BCUT2D eigenvalue weighted by Crippen LogP contribution is -2.20. The smallest absolute Gasteiger partial charge is 0.310 e. The molecule has 3 atom stereocenters. The highest BCUT2D eigenvalue weighted by atomic mass is 16.5. The molecule has 0 spiro atoms. The van der Waals surface area contributed by atoms with Crippen LogP contribution < -0.4 is 0 Å². The maximum absolute atomic E-state index is 12.6. The molecule has 0 aromatic rings. The van der Waals surface area contributed by atoms with Crippen LogP contribution in [-0.4, -0.2) is 17.9 Å². The standard InChI is InChI=1S/C21H28O3/c1-7-8-9-10-15-14(4)18(12-17(15)22)24-20(23)19-16(11-13(2)3)21(19,5)6/h7-9,11,16,18-19H,1,10,12H2,2-6H3/b9-8+/t16-,18-,19+/m0/s1. The minimum absolute atomic E-state index is 0.0654. The molecule has 0 amide bonds. The highest BCUT2D eigenvalue weighted by molar-refractivity contribution is 6.00. The number of carbonyl (C=O) groups is 2. The van der Waals surface area contributed by atoms with Crippen molar-refractivity contribution in [2.24, 2.45) is 17.3 Å². The Hall–Kier alpha value is -1.90. The van der Waals surface area contributed by atoms with E-state index >= 15 is 0 Å². The number of hydrogen-bond donors (Lipinski definition) is 0. The van der Waals surface area contributed by atoms with Crippen molar-refractivity contribution in [3.63, 3.8) is 0 Å². The van der Waals surface area contributed by atoms with Gasteiger partial charge in [-0.25, -0.2) is 0 Å². The second kappa shape index (κ2) is 6.92. The predicted molar refractivity (Wildman–Crippen MR) is 96.4 cm³/mol. The van der Waals surface area contributed by atoms with Crippen molar-refractivity contribution in [1.29, 1.82) is 0 Å². The molecule has 0 saturated heterocycles. The summed E-state index contributed by atoms with van der Waals surface area (Å²) in [4.78, 5) is 24.8. The Labute approximate surface area is 145 Å². The fraction of sp³-hybridized carbons (Fsp3) is 0.524. The van der Waals surface area contributed by atoms with Gasteiger partial charge in [-0.3, -0.25) is 9.59 Å². The first-order chi connectivity index (χ1) is 11.2. The SMILES string of the molecule is C=C/C=C/CC1=C(C)[C@@H](OC(=O)[C@H]2[C@H](C=C(C)C)C2(C)C)CC1=O. The molecule has 0 aromatic heterocycles. The van der Waals surface area contributed by atoms with Gasteiger partial charge in [-0.05, 0) is 44.1 Å². The van der Waals surface area contributed by atoms with Crippen LogP contribution in [-0.2, 0) is 14.3 Å². The van der Waals surface area contributed by atoms with Crippen molar-refractivity contribution < 1.29 is 14.3 Å². The van der Waals surface area contributed by atoms with E-state index in [4.69, 9.17) is 4.74 Å². The second-order valence-electron chi connectivity index (χ2n) is 7.65. The van der Waals surface area contributed by atoms with Gasteiger partial charge in [0.05, 0.1) is 12.3 Å². The van der Waals surface area contributed by atoms with Crippen molar-refractivity contribution >= 4 is 11.8 Å². The third kappa shape index (κ3) is 3.61. The second-order valence-corrected chi connectivity index (χ2v) is 7.65. The topological polar surface area (TPSA) is 43.4 Å². The zero-order valence-electron chi connectivity index (χ0n) is 15.4. The van der Waals surface area contributed by atoms with Crippen molar-refractivity contribution in [2.75, 3.05) is 0 Å². The van der Waals surface area contributed by atoms with Gasteiger partial charge in [-0.1, -0.05) is 50.3 Å². The molecule has 0 unspecified atom stereocenters. The van der Waals surface area contributed by atoms with Crippen LogP contribution in [0.4, 0.5) is 0 Å². The van der Waals surface area contributed by atoms with Gasteiger partial charge in [0.25, 0.3) is 0 Å². The van der Waals surface area contributed by atoms with Gasteiger partial charge in [0.1, 0.15) is 6.10 Å². The number of allylic oxidation sites excluding steroid dienone is 6. The lowest BCUT2D eigenvalue weighted by molar-refractivity contribution is -0.150. The summed E-state index contributed by atoms with van der Waals surface area (Å²) in [6.07, 6.45) is 8.01. The van der Waals surface area contributed by atoms with Crippen molar-refractivity contribution in [3.05, 3.63) is 47.6 Å². The Kier molecular flexibility index (Phi) is 5.32. The van der Waals surface area contributed by atoms with Crippen LogP contribution in [0.3, 0.4) is 0 Å². The van der Waals surface area contributed by atoms with Gasteiger partial charge in [-0.15, -0.1) is 0 Å². The maximum atomic E-state index is 12.6. The first-order valence-corrected chi connectivity index (χ1v) is 8.56. The van der Waals surface area contributed by atoms with Gasteiger partial charge in [0, 0.05) is 5.57 Å². The monoisotopic (exact) mass is 328 g/mol. The summed E-state index contributed by atoms with van der Waals surface area (Å²) in [6.45, 7) is 13.8. The highest BCUT2D eigenvalue weighted by Crippen LogP contribution is 2.60. The Morgan fingerprint density at radius 2 is 2.04 bits per heavy atom. The third-order valence-electron chi connectivity index (χ3n) is 5.20. The molecule has 3 nitrogen and oxygen atoms in total. The van der Waals surface area contributed by atoms with Gasteiger partial charge < -0.3 is 4.74 Å². The molecule has 2 rings (SSSR count). The van der Waals surface area contributed by atoms with E-state index in [9.17, 15) is 9.59 Å². The van der Waals surface area contributed by atoms with Gasteiger partial charge in [0.2, 0.25) is 0 Å². The molecule has 130 valence electrons. The van der Waals surface area contributed by atoms with E-state index < -0.39 is 6.10 Å². The van der Waals surface area contributed by atoms with Crippen LogP contribution >= 0.6 is 0 Å². The first kappa shape index (κ1) is 18.4. The Morgan fingerprint density at radius 1 is 1.38 bits per heavy atom. The molecule has 2 aliphatic rings. The van der Waals surface area contributed by atoms with E-state index in [0.717, 1.165) is 11.1 Å². The molecular formula is C21H28O3. The summed E-state index contributed by atoms with van der Waals surface area (Å²) < 4.78 is 5.71.